The summed E-state index contributed by atoms with van der Waals surface area (Å²) >= 11 is 0. The van der Waals surface area contributed by atoms with Crippen LogP contribution in [0.4, 0.5) is 0 Å². The van der Waals surface area contributed by atoms with E-state index in [1.54, 1.807) is 7.11 Å². The van der Waals surface area contributed by atoms with E-state index < -0.39 is 5.91 Å². The molecule has 18 heavy (non-hydrogen) atoms. The van der Waals surface area contributed by atoms with E-state index in [1.165, 1.54) is 18.2 Å². The van der Waals surface area contributed by atoms with Gasteiger partial charge in [0.1, 0.15) is 11.5 Å². The molecule has 0 aliphatic carbocycles. The zero-order valence-electron chi connectivity index (χ0n) is 10.8. The second-order valence-electron chi connectivity index (χ2n) is 4.48. The van der Waals surface area contributed by atoms with Crippen LogP contribution in [0.25, 0.3) is 0 Å². The number of ether oxygens (including phenoxy) is 1. The van der Waals surface area contributed by atoms with Crippen LogP contribution in [0, 0.1) is 5.92 Å². The molecule has 1 aromatic rings. The molecule has 100 valence electrons. The van der Waals surface area contributed by atoms with Crippen LogP contribution in [0.1, 0.15) is 24.2 Å². The first-order valence-electron chi connectivity index (χ1n) is 5.77. The van der Waals surface area contributed by atoms with Crippen LogP contribution in [-0.4, -0.2) is 35.9 Å². The molecule has 5 heteroatoms. The number of hydrogen-bond donors (Lipinski definition) is 3. The summed E-state index contributed by atoms with van der Waals surface area (Å²) < 4.78 is 5.03. The lowest BCUT2D eigenvalue weighted by Crippen LogP contribution is -2.41. The highest BCUT2D eigenvalue weighted by atomic mass is 16.5. The van der Waals surface area contributed by atoms with Crippen LogP contribution >= 0.6 is 0 Å². The second-order valence-corrected chi connectivity index (χ2v) is 4.48. The summed E-state index contributed by atoms with van der Waals surface area (Å²) in [6.45, 7) is 4.32. The van der Waals surface area contributed by atoms with Gasteiger partial charge in [0.05, 0.1) is 18.2 Å². The van der Waals surface area contributed by atoms with Crippen LogP contribution < -0.4 is 5.32 Å². The molecule has 3 N–H and O–H groups in total. The van der Waals surface area contributed by atoms with Crippen molar-refractivity contribution >= 4 is 5.91 Å². The molecule has 0 heterocycles. The summed E-state index contributed by atoms with van der Waals surface area (Å²) in [6, 6.07) is 3.69. The Balaban J connectivity index is 2.83. The molecule has 0 radical (unpaired) electrons. The normalized spacial score (nSPS) is 12.4. The molecule has 0 spiro atoms. The summed E-state index contributed by atoms with van der Waals surface area (Å²) in [5.74, 6) is -0.455. The fourth-order valence-electron chi connectivity index (χ4n) is 1.53. The molecule has 1 rings (SSSR count). The second kappa shape index (κ2) is 6.26. The quantitative estimate of drug-likeness (QED) is 0.695. The van der Waals surface area contributed by atoms with Crippen LogP contribution in [-0.2, 0) is 4.74 Å². The number of carbonyl (C=O) groups is 1. The topological polar surface area (TPSA) is 78.8 Å². The van der Waals surface area contributed by atoms with Crippen molar-refractivity contribution in [1.29, 1.82) is 0 Å². The molecule has 0 aromatic heterocycles. The van der Waals surface area contributed by atoms with E-state index in [9.17, 15) is 15.0 Å². The van der Waals surface area contributed by atoms with Gasteiger partial charge in [0.2, 0.25) is 0 Å². The van der Waals surface area contributed by atoms with Crippen molar-refractivity contribution < 1.29 is 19.7 Å². The molecule has 0 aliphatic rings. The zero-order valence-corrected chi connectivity index (χ0v) is 10.8. The molecular weight excluding hydrogens is 234 g/mol. The molecule has 1 unspecified atom stereocenters. The van der Waals surface area contributed by atoms with Crippen molar-refractivity contribution in [3.63, 3.8) is 0 Å². The van der Waals surface area contributed by atoms with E-state index >= 15 is 0 Å². The van der Waals surface area contributed by atoms with Gasteiger partial charge in [0.15, 0.2) is 0 Å². The summed E-state index contributed by atoms with van der Waals surface area (Å²) in [5, 5.41) is 21.7. The first-order valence-corrected chi connectivity index (χ1v) is 5.77. The summed E-state index contributed by atoms with van der Waals surface area (Å²) in [4.78, 5) is 12.0. The minimum Gasteiger partial charge on any atom is -0.508 e. The van der Waals surface area contributed by atoms with E-state index in [0.29, 0.717) is 6.61 Å². The maximum atomic E-state index is 12.0. The SMILES string of the molecule is COCC(NC(=O)c1cc(O)ccc1O)C(C)C. The molecule has 0 saturated carbocycles. The zero-order chi connectivity index (χ0) is 13.7. The standard InChI is InChI=1S/C13H19NO4/c1-8(2)11(7-18-3)14-13(17)10-6-9(15)4-5-12(10)16/h4-6,8,11,15-16H,7H2,1-3H3,(H,14,17). The van der Waals surface area contributed by atoms with E-state index in [2.05, 4.69) is 5.32 Å². The number of methoxy groups -OCH3 is 1. The Hall–Kier alpha value is -1.75. The van der Waals surface area contributed by atoms with Gasteiger partial charge in [-0.15, -0.1) is 0 Å². The van der Waals surface area contributed by atoms with Crippen molar-refractivity contribution in [1.82, 2.24) is 5.32 Å². The Labute approximate surface area is 106 Å². The molecule has 0 saturated heterocycles. The number of nitrogens with one attached hydrogen (secondary N) is 1. The fourth-order valence-corrected chi connectivity index (χ4v) is 1.53. The van der Waals surface area contributed by atoms with Crippen LogP contribution in [0.2, 0.25) is 0 Å². The lowest BCUT2D eigenvalue weighted by molar-refractivity contribution is 0.0863. The summed E-state index contributed by atoms with van der Waals surface area (Å²) in [5.41, 5.74) is 0.0525. The van der Waals surface area contributed by atoms with Crippen LogP contribution in [0.5, 0.6) is 11.5 Å². The Kier molecular flexibility index (Phi) is 4.97. The third-order valence-electron chi connectivity index (χ3n) is 2.69. The highest BCUT2D eigenvalue weighted by molar-refractivity contribution is 5.97. The first kappa shape index (κ1) is 14.3. The van der Waals surface area contributed by atoms with E-state index in [-0.39, 0.29) is 29.0 Å². The van der Waals surface area contributed by atoms with Crippen LogP contribution in [0.15, 0.2) is 18.2 Å². The highest BCUT2D eigenvalue weighted by Gasteiger charge is 2.19. The maximum Gasteiger partial charge on any atom is 0.255 e. The Morgan fingerprint density at radius 2 is 2.06 bits per heavy atom. The van der Waals surface area contributed by atoms with Crippen molar-refractivity contribution in [2.45, 2.75) is 19.9 Å². The highest BCUT2D eigenvalue weighted by Crippen LogP contribution is 2.22. The summed E-state index contributed by atoms with van der Waals surface area (Å²) in [7, 11) is 1.56. The lowest BCUT2D eigenvalue weighted by Gasteiger charge is -2.21. The van der Waals surface area contributed by atoms with Gasteiger partial charge < -0.3 is 20.3 Å². The fraction of sp³-hybridized carbons (Fsp3) is 0.462. The number of benzene rings is 1. The predicted octanol–water partition coefficient (Wildman–Crippen LogP) is 1.50. The number of carbonyl (C=O) groups excluding carboxylic acids is 1. The minimum absolute atomic E-state index is 0.0525. The van der Waals surface area contributed by atoms with E-state index in [4.69, 9.17) is 4.74 Å². The maximum absolute atomic E-state index is 12.0. The third-order valence-corrected chi connectivity index (χ3v) is 2.69. The van der Waals surface area contributed by atoms with E-state index in [1.807, 2.05) is 13.8 Å². The molecule has 1 aromatic carbocycles. The lowest BCUT2D eigenvalue weighted by atomic mass is 10.0. The monoisotopic (exact) mass is 253 g/mol. The third kappa shape index (κ3) is 3.63. The van der Waals surface area contributed by atoms with Crippen molar-refractivity contribution in [3.8, 4) is 11.5 Å². The smallest absolute Gasteiger partial charge is 0.255 e. The van der Waals surface area contributed by atoms with E-state index in [0.717, 1.165) is 0 Å². The summed E-state index contributed by atoms with van der Waals surface area (Å²) in [6.07, 6.45) is 0. The Morgan fingerprint density at radius 3 is 2.61 bits per heavy atom. The number of amides is 1. The number of aromatic hydroxyl groups is 2. The molecular formula is C13H19NO4. The molecule has 0 fully saturated rings. The van der Waals surface area contributed by atoms with Gasteiger partial charge in [0, 0.05) is 7.11 Å². The largest absolute Gasteiger partial charge is 0.508 e. The van der Waals surface area contributed by atoms with Crippen molar-refractivity contribution in [3.05, 3.63) is 23.8 Å². The van der Waals surface area contributed by atoms with Crippen LogP contribution in [0.3, 0.4) is 0 Å². The van der Waals surface area contributed by atoms with Gasteiger partial charge in [-0.2, -0.15) is 0 Å². The van der Waals surface area contributed by atoms with Gasteiger partial charge in [-0.25, -0.2) is 0 Å². The number of phenolic OH excluding ortho intramolecular Hbond substituents is 2. The van der Waals surface area contributed by atoms with Gasteiger partial charge in [-0.3, -0.25) is 4.79 Å². The minimum atomic E-state index is -0.431. The Bertz CT molecular complexity index is 417. The van der Waals surface area contributed by atoms with Crippen molar-refractivity contribution in [2.24, 2.45) is 5.92 Å². The van der Waals surface area contributed by atoms with Crippen molar-refractivity contribution in [2.75, 3.05) is 13.7 Å². The molecule has 1 amide bonds. The Morgan fingerprint density at radius 1 is 1.39 bits per heavy atom. The predicted molar refractivity (Wildman–Crippen MR) is 67.7 cm³/mol. The first-order chi connectivity index (χ1) is 8.45. The number of rotatable bonds is 5. The van der Waals surface area contributed by atoms with Gasteiger partial charge in [-0.1, -0.05) is 13.8 Å². The van der Waals surface area contributed by atoms with Gasteiger partial charge in [-0.05, 0) is 24.1 Å². The van der Waals surface area contributed by atoms with Gasteiger partial charge >= 0.3 is 0 Å². The average Bonchev–Trinajstić information content (AvgIpc) is 2.31. The molecule has 0 aliphatic heterocycles. The number of hydrogen-bond acceptors (Lipinski definition) is 4. The average molecular weight is 253 g/mol. The molecule has 0 bridgehead atoms. The molecule has 5 nitrogen and oxygen atoms in total. The molecule has 1 atom stereocenters. The van der Waals surface area contributed by atoms with Gasteiger partial charge in [0.25, 0.3) is 5.91 Å². The number of phenols is 2.